The number of hydrogen-bond donors (Lipinski definition) is 1. The van der Waals surface area contributed by atoms with Gasteiger partial charge in [-0.3, -0.25) is 14.9 Å². The molecule has 0 aliphatic heterocycles. The van der Waals surface area contributed by atoms with Gasteiger partial charge >= 0.3 is 0 Å². The van der Waals surface area contributed by atoms with Crippen LogP contribution in [0.4, 0.5) is 0 Å². The average Bonchev–Trinajstić information content (AvgIpc) is 3.06. The number of aromatic amines is 1. The fourth-order valence-electron chi connectivity index (χ4n) is 2.46. The fourth-order valence-corrected chi connectivity index (χ4v) is 4.23. The van der Waals surface area contributed by atoms with Crippen LogP contribution in [0.3, 0.4) is 0 Å². The Hall–Kier alpha value is 0.530. The van der Waals surface area contributed by atoms with E-state index < -0.39 is 0 Å². The SMILES string of the molecule is CSCCN(CCSC)Cc1cc(CN(CCSC)CCSC)[nH]n1. The summed E-state index contributed by atoms with van der Waals surface area (Å²) in [4.78, 5) is 5.05. The summed E-state index contributed by atoms with van der Waals surface area (Å²) >= 11 is 7.67. The molecule has 0 unspecified atom stereocenters. The molecule has 0 radical (unpaired) electrons. The number of rotatable bonds is 16. The Morgan fingerprint density at radius 1 is 0.760 bits per heavy atom. The van der Waals surface area contributed by atoms with Gasteiger partial charge in [0.05, 0.1) is 5.69 Å². The van der Waals surface area contributed by atoms with E-state index in [1.54, 1.807) is 0 Å². The molecule has 4 nitrogen and oxygen atoms in total. The van der Waals surface area contributed by atoms with Crippen molar-refractivity contribution in [2.45, 2.75) is 13.1 Å². The third-order valence-electron chi connectivity index (χ3n) is 3.91. The summed E-state index contributed by atoms with van der Waals surface area (Å²) in [6.45, 7) is 6.49. The van der Waals surface area contributed by atoms with Gasteiger partial charge in [-0.1, -0.05) is 0 Å². The number of thioether (sulfide) groups is 4. The summed E-state index contributed by atoms with van der Waals surface area (Å²) < 4.78 is 0. The van der Waals surface area contributed by atoms with E-state index in [-0.39, 0.29) is 0 Å². The maximum absolute atomic E-state index is 4.57. The van der Waals surface area contributed by atoms with Gasteiger partial charge in [-0.2, -0.15) is 52.1 Å². The van der Waals surface area contributed by atoms with Gasteiger partial charge in [-0.15, -0.1) is 0 Å². The largest absolute Gasteiger partial charge is 0.296 e. The molecular weight excluding hydrogens is 388 g/mol. The topological polar surface area (TPSA) is 35.2 Å². The first kappa shape index (κ1) is 23.6. The summed E-state index contributed by atoms with van der Waals surface area (Å²) in [5, 5.41) is 7.83. The highest BCUT2D eigenvalue weighted by Gasteiger charge is 2.11. The minimum Gasteiger partial charge on any atom is -0.296 e. The Balaban J connectivity index is 2.55. The molecule has 8 heteroatoms. The number of aromatic nitrogens is 2. The summed E-state index contributed by atoms with van der Waals surface area (Å²) in [6.07, 6.45) is 8.71. The molecule has 1 aromatic rings. The van der Waals surface area contributed by atoms with Crippen molar-refractivity contribution in [3.63, 3.8) is 0 Å². The monoisotopic (exact) mass is 422 g/mol. The van der Waals surface area contributed by atoms with Crippen molar-refractivity contribution in [1.29, 1.82) is 0 Å². The normalized spacial score (nSPS) is 11.8. The molecule has 25 heavy (non-hydrogen) atoms. The Labute approximate surface area is 171 Å². The Bertz CT molecular complexity index is 378. The van der Waals surface area contributed by atoms with Crippen LogP contribution in [0.2, 0.25) is 0 Å². The maximum Gasteiger partial charge on any atom is 0.0765 e. The molecule has 0 aliphatic carbocycles. The van der Waals surface area contributed by atoms with Crippen LogP contribution < -0.4 is 0 Å². The molecule has 0 amide bonds. The minimum atomic E-state index is 0.952. The smallest absolute Gasteiger partial charge is 0.0765 e. The van der Waals surface area contributed by atoms with Crippen LogP contribution in [0.5, 0.6) is 0 Å². The summed E-state index contributed by atoms with van der Waals surface area (Å²) in [6, 6.07) is 2.26. The van der Waals surface area contributed by atoms with E-state index in [0.717, 1.165) is 39.3 Å². The van der Waals surface area contributed by atoms with Gasteiger partial charge in [-0.25, -0.2) is 0 Å². The molecule has 1 rings (SSSR count). The molecule has 1 heterocycles. The van der Waals surface area contributed by atoms with Gasteiger partial charge in [0, 0.05) is 68.0 Å². The van der Waals surface area contributed by atoms with Crippen LogP contribution >= 0.6 is 47.0 Å². The summed E-state index contributed by atoms with van der Waals surface area (Å²) in [5.74, 6) is 4.74. The third-order valence-corrected chi connectivity index (χ3v) is 6.27. The van der Waals surface area contributed by atoms with Crippen molar-refractivity contribution in [1.82, 2.24) is 20.0 Å². The van der Waals surface area contributed by atoms with Crippen LogP contribution in [0.15, 0.2) is 6.07 Å². The highest BCUT2D eigenvalue weighted by Crippen LogP contribution is 2.10. The minimum absolute atomic E-state index is 0.952. The van der Waals surface area contributed by atoms with Gasteiger partial charge in [0.25, 0.3) is 0 Å². The lowest BCUT2D eigenvalue weighted by atomic mass is 10.3. The summed E-state index contributed by atoms with van der Waals surface area (Å²) in [5.41, 5.74) is 2.42. The lowest BCUT2D eigenvalue weighted by Crippen LogP contribution is -2.28. The van der Waals surface area contributed by atoms with E-state index >= 15 is 0 Å². The molecule has 1 N–H and O–H groups in total. The first-order chi connectivity index (χ1) is 12.2. The van der Waals surface area contributed by atoms with Crippen LogP contribution in [0, 0.1) is 0 Å². The van der Waals surface area contributed by atoms with Crippen LogP contribution in [-0.2, 0) is 13.1 Å². The molecule has 0 saturated heterocycles. The highest BCUT2D eigenvalue weighted by molar-refractivity contribution is 7.99. The number of hydrogen-bond acceptors (Lipinski definition) is 7. The molecule has 0 atom stereocenters. The average molecular weight is 423 g/mol. The molecule has 0 saturated carbocycles. The maximum atomic E-state index is 4.57. The first-order valence-corrected chi connectivity index (χ1v) is 14.2. The highest BCUT2D eigenvalue weighted by atomic mass is 32.2. The molecule has 0 fully saturated rings. The number of H-pyrrole nitrogens is 1. The number of nitrogens with one attached hydrogen (secondary N) is 1. The second kappa shape index (κ2) is 15.6. The van der Waals surface area contributed by atoms with Crippen molar-refractivity contribution >= 4 is 47.0 Å². The molecule has 146 valence electrons. The van der Waals surface area contributed by atoms with E-state index in [1.807, 2.05) is 47.0 Å². The quantitative estimate of drug-likeness (QED) is 0.437. The predicted molar refractivity (Wildman–Crippen MR) is 123 cm³/mol. The van der Waals surface area contributed by atoms with Gasteiger partial charge in [-0.05, 0) is 31.1 Å². The molecule has 0 aromatic carbocycles. The van der Waals surface area contributed by atoms with Gasteiger partial charge in [0.15, 0.2) is 0 Å². The van der Waals surface area contributed by atoms with E-state index in [4.69, 9.17) is 0 Å². The zero-order valence-corrected chi connectivity index (χ0v) is 19.4. The van der Waals surface area contributed by atoms with Crippen LogP contribution in [0.1, 0.15) is 11.4 Å². The number of nitrogens with zero attached hydrogens (tertiary/aromatic N) is 3. The van der Waals surface area contributed by atoms with Crippen molar-refractivity contribution in [2.24, 2.45) is 0 Å². The van der Waals surface area contributed by atoms with Gasteiger partial charge in [0.1, 0.15) is 0 Å². The summed E-state index contributed by atoms with van der Waals surface area (Å²) in [7, 11) is 0. The van der Waals surface area contributed by atoms with Crippen molar-refractivity contribution in [2.75, 3.05) is 74.2 Å². The zero-order chi connectivity index (χ0) is 18.3. The van der Waals surface area contributed by atoms with Crippen LogP contribution in [-0.4, -0.2) is 94.2 Å². The van der Waals surface area contributed by atoms with Gasteiger partial charge < -0.3 is 0 Å². The Morgan fingerprint density at radius 3 is 1.64 bits per heavy atom. The third kappa shape index (κ3) is 11.1. The van der Waals surface area contributed by atoms with Crippen molar-refractivity contribution in [3.8, 4) is 0 Å². The van der Waals surface area contributed by atoms with Crippen LogP contribution in [0.25, 0.3) is 0 Å². The Kier molecular flexibility index (Phi) is 14.7. The zero-order valence-electron chi connectivity index (χ0n) is 16.1. The Morgan fingerprint density at radius 2 is 1.20 bits per heavy atom. The van der Waals surface area contributed by atoms with Gasteiger partial charge in [0.2, 0.25) is 0 Å². The standard InChI is InChI=1S/C17H34N4S4/c1-22-9-5-20(6-10-23-2)14-16-13-17(19-18-16)15-21(7-11-24-3)8-12-25-4/h13H,5-12,14-15H2,1-4H3,(H,18,19). The lowest BCUT2D eigenvalue weighted by Gasteiger charge is -2.21. The second-order valence-corrected chi connectivity index (χ2v) is 9.85. The van der Waals surface area contributed by atoms with E-state index in [9.17, 15) is 0 Å². The van der Waals surface area contributed by atoms with Crippen molar-refractivity contribution < 1.29 is 0 Å². The molecule has 0 spiro atoms. The second-order valence-electron chi connectivity index (χ2n) is 5.91. The van der Waals surface area contributed by atoms with E-state index in [0.29, 0.717) is 0 Å². The molecule has 1 aromatic heterocycles. The van der Waals surface area contributed by atoms with Crippen molar-refractivity contribution in [3.05, 3.63) is 17.5 Å². The molecule has 0 aliphatic rings. The predicted octanol–water partition coefficient (Wildman–Crippen LogP) is 3.47. The molecular formula is C17H34N4S4. The van der Waals surface area contributed by atoms with E-state index in [2.05, 4.69) is 51.1 Å². The molecule has 0 bridgehead atoms. The van der Waals surface area contributed by atoms with E-state index in [1.165, 1.54) is 34.4 Å². The fraction of sp³-hybridized carbons (Fsp3) is 0.824. The first-order valence-electron chi connectivity index (χ1n) is 8.67. The lowest BCUT2D eigenvalue weighted by molar-refractivity contribution is 0.296.